The molecule has 1 rings (SSSR count). The number of aliphatic imine (C=N–C) groups is 1. The zero-order valence-electron chi connectivity index (χ0n) is 5.37. The van der Waals surface area contributed by atoms with Crippen LogP contribution in [0.4, 0.5) is 0 Å². The van der Waals surface area contributed by atoms with Gasteiger partial charge in [0.15, 0.2) is 6.29 Å². The highest BCUT2D eigenvalue weighted by Crippen LogP contribution is 2.04. The Kier molecular flexibility index (Phi) is 2.50. The summed E-state index contributed by atoms with van der Waals surface area (Å²) in [5.74, 6) is 0. The van der Waals surface area contributed by atoms with Gasteiger partial charge in [-0.2, -0.15) is 11.8 Å². The molecular weight excluding hydrogens is 134 g/mol. The third-order valence-corrected chi connectivity index (χ3v) is 2.14. The first-order valence-corrected chi connectivity index (χ1v) is 4.17. The zero-order chi connectivity index (χ0) is 6.69. The fourth-order valence-corrected chi connectivity index (χ4v) is 1.13. The summed E-state index contributed by atoms with van der Waals surface area (Å²) in [4.78, 5) is 4.00. The van der Waals surface area contributed by atoms with E-state index in [4.69, 9.17) is 5.73 Å². The van der Waals surface area contributed by atoms with E-state index < -0.39 is 0 Å². The maximum atomic E-state index is 5.43. The molecule has 1 aliphatic heterocycles. The fourth-order valence-electron chi connectivity index (χ4n) is 0.675. The van der Waals surface area contributed by atoms with Gasteiger partial charge in [-0.3, -0.25) is 16.0 Å². The van der Waals surface area contributed by atoms with Gasteiger partial charge in [-0.15, -0.1) is 0 Å². The topological polar surface area (TPSA) is 50.4 Å². The summed E-state index contributed by atoms with van der Waals surface area (Å²) in [7, 11) is 0. The van der Waals surface area contributed by atoms with Crippen molar-refractivity contribution in [1.29, 1.82) is 0 Å². The lowest BCUT2D eigenvalue weighted by atomic mass is 10.4. The number of hydrogen-bond acceptors (Lipinski definition) is 4. The second-order valence-corrected chi connectivity index (χ2v) is 3.00. The van der Waals surface area contributed by atoms with Gasteiger partial charge in [0.05, 0.1) is 5.25 Å². The molecule has 0 aliphatic carbocycles. The number of nitrogens with zero attached hydrogens (tertiary/aromatic N) is 1. The molecule has 0 spiro atoms. The van der Waals surface area contributed by atoms with Gasteiger partial charge in [-0.1, -0.05) is 0 Å². The molecule has 0 aromatic carbocycles. The number of nitrogens with two attached hydrogens (primary N) is 1. The lowest BCUT2D eigenvalue weighted by Crippen LogP contribution is -2.43. The van der Waals surface area contributed by atoms with Crippen LogP contribution < -0.4 is 11.1 Å². The van der Waals surface area contributed by atoms with Gasteiger partial charge < -0.3 is 0 Å². The molecule has 0 amide bonds. The highest BCUT2D eigenvalue weighted by Gasteiger charge is 2.10. The first kappa shape index (κ1) is 7.05. The molecule has 0 saturated carbocycles. The zero-order valence-corrected chi connectivity index (χ0v) is 6.19. The van der Waals surface area contributed by atoms with E-state index in [1.165, 1.54) is 0 Å². The van der Waals surface area contributed by atoms with E-state index >= 15 is 0 Å². The Morgan fingerprint density at radius 3 is 3.11 bits per heavy atom. The summed E-state index contributed by atoms with van der Waals surface area (Å²) in [5, 5.41) is 3.55. The Hall–Kier alpha value is -0.0600. The van der Waals surface area contributed by atoms with E-state index in [-0.39, 0.29) is 6.29 Å². The molecule has 1 aliphatic rings. The van der Waals surface area contributed by atoms with Crippen LogP contribution in [0.2, 0.25) is 0 Å². The van der Waals surface area contributed by atoms with Crippen LogP contribution in [-0.4, -0.2) is 30.6 Å². The highest BCUT2D eigenvalue weighted by molar-refractivity contribution is 7.99. The lowest BCUT2D eigenvalue weighted by Gasteiger charge is -2.18. The van der Waals surface area contributed by atoms with Gasteiger partial charge in [0.1, 0.15) is 0 Å². The molecule has 3 N–H and O–H groups in total. The maximum absolute atomic E-state index is 5.43. The minimum atomic E-state index is -0.173. The summed E-state index contributed by atoms with van der Waals surface area (Å²) >= 11 is 1.78. The molecule has 52 valence electrons. The Balaban J connectivity index is 2.38. The standard InChI is InChI=1S/C5H11N3S/c1-9-4-2-7-5(6)8-3-4/h2,4-5,8H,3,6H2,1H3. The van der Waals surface area contributed by atoms with Crippen molar-refractivity contribution in [2.75, 3.05) is 12.8 Å². The van der Waals surface area contributed by atoms with E-state index in [1.807, 2.05) is 6.21 Å². The van der Waals surface area contributed by atoms with Crippen LogP contribution in [-0.2, 0) is 0 Å². The Morgan fingerprint density at radius 1 is 1.89 bits per heavy atom. The van der Waals surface area contributed by atoms with Crippen LogP contribution in [0.25, 0.3) is 0 Å². The van der Waals surface area contributed by atoms with E-state index in [1.54, 1.807) is 11.8 Å². The van der Waals surface area contributed by atoms with Gasteiger partial charge in [-0.05, 0) is 6.26 Å². The van der Waals surface area contributed by atoms with Crippen molar-refractivity contribution in [3.05, 3.63) is 0 Å². The van der Waals surface area contributed by atoms with E-state index in [0.717, 1.165) is 6.54 Å². The fraction of sp³-hybridized carbons (Fsp3) is 0.800. The summed E-state index contributed by atoms with van der Waals surface area (Å²) < 4.78 is 0. The first-order chi connectivity index (χ1) is 4.33. The minimum Gasteiger partial charge on any atom is -0.297 e. The predicted molar refractivity (Wildman–Crippen MR) is 41.8 cm³/mol. The molecule has 2 atom stereocenters. The van der Waals surface area contributed by atoms with Crippen molar-refractivity contribution >= 4 is 18.0 Å². The molecule has 0 aromatic heterocycles. The van der Waals surface area contributed by atoms with Gasteiger partial charge in [0.2, 0.25) is 0 Å². The van der Waals surface area contributed by atoms with Crippen LogP contribution >= 0.6 is 11.8 Å². The molecule has 2 unspecified atom stereocenters. The van der Waals surface area contributed by atoms with Crippen molar-refractivity contribution < 1.29 is 0 Å². The van der Waals surface area contributed by atoms with E-state index in [9.17, 15) is 0 Å². The lowest BCUT2D eigenvalue weighted by molar-refractivity contribution is 0.545. The molecule has 0 bridgehead atoms. The van der Waals surface area contributed by atoms with Crippen molar-refractivity contribution in [3.8, 4) is 0 Å². The second kappa shape index (κ2) is 3.20. The maximum Gasteiger partial charge on any atom is 0.150 e. The average Bonchev–Trinajstić information content (AvgIpc) is 1.90. The molecule has 0 saturated heterocycles. The number of rotatable bonds is 1. The SMILES string of the molecule is CSC1C=NC(N)NC1. The molecule has 9 heavy (non-hydrogen) atoms. The minimum absolute atomic E-state index is 0.173. The molecule has 0 radical (unpaired) electrons. The Bertz CT molecular complexity index is 115. The Morgan fingerprint density at radius 2 is 2.67 bits per heavy atom. The largest absolute Gasteiger partial charge is 0.297 e. The highest BCUT2D eigenvalue weighted by atomic mass is 32.2. The van der Waals surface area contributed by atoms with Crippen molar-refractivity contribution in [1.82, 2.24) is 5.32 Å². The molecule has 4 heteroatoms. The average molecular weight is 145 g/mol. The van der Waals surface area contributed by atoms with Crippen molar-refractivity contribution in [3.63, 3.8) is 0 Å². The van der Waals surface area contributed by atoms with Crippen LogP contribution in [0.5, 0.6) is 0 Å². The van der Waals surface area contributed by atoms with E-state index in [2.05, 4.69) is 16.6 Å². The summed E-state index contributed by atoms with van der Waals surface area (Å²) in [6.07, 6.45) is 3.80. The number of nitrogens with one attached hydrogen (secondary N) is 1. The quantitative estimate of drug-likeness (QED) is 0.529. The molecule has 0 aromatic rings. The number of thioether (sulfide) groups is 1. The molecular formula is C5H11N3S. The normalized spacial score (nSPS) is 34.9. The second-order valence-electron chi connectivity index (χ2n) is 1.93. The third-order valence-electron chi connectivity index (χ3n) is 1.24. The summed E-state index contributed by atoms with van der Waals surface area (Å²) in [6.45, 7) is 0.936. The van der Waals surface area contributed by atoms with E-state index in [0.29, 0.717) is 5.25 Å². The van der Waals surface area contributed by atoms with Crippen LogP contribution in [0.15, 0.2) is 4.99 Å². The predicted octanol–water partition coefficient (Wildman–Crippen LogP) is -0.366. The van der Waals surface area contributed by atoms with Crippen molar-refractivity contribution in [2.45, 2.75) is 11.5 Å². The molecule has 0 fully saturated rings. The van der Waals surface area contributed by atoms with Gasteiger partial charge in [0, 0.05) is 12.8 Å². The van der Waals surface area contributed by atoms with Gasteiger partial charge in [-0.25, -0.2) is 0 Å². The molecule has 3 nitrogen and oxygen atoms in total. The van der Waals surface area contributed by atoms with Gasteiger partial charge >= 0.3 is 0 Å². The van der Waals surface area contributed by atoms with Crippen LogP contribution in [0.3, 0.4) is 0 Å². The van der Waals surface area contributed by atoms with Gasteiger partial charge in [0.25, 0.3) is 0 Å². The first-order valence-electron chi connectivity index (χ1n) is 2.88. The monoisotopic (exact) mass is 145 g/mol. The summed E-state index contributed by atoms with van der Waals surface area (Å²) in [6, 6.07) is 0. The third kappa shape index (κ3) is 1.97. The van der Waals surface area contributed by atoms with Crippen molar-refractivity contribution in [2.24, 2.45) is 10.7 Å². The molecule has 1 heterocycles. The summed E-state index contributed by atoms with van der Waals surface area (Å²) in [5.41, 5.74) is 5.43. The Labute approximate surface area is 59.1 Å². The van der Waals surface area contributed by atoms with Crippen LogP contribution in [0.1, 0.15) is 0 Å². The van der Waals surface area contributed by atoms with Crippen LogP contribution in [0, 0.1) is 0 Å². The number of hydrogen-bond donors (Lipinski definition) is 2. The smallest absolute Gasteiger partial charge is 0.150 e.